The molecule has 0 amide bonds. The van der Waals surface area contributed by atoms with E-state index in [0.29, 0.717) is 12.0 Å². The zero-order chi connectivity index (χ0) is 10.3. The van der Waals surface area contributed by atoms with Gasteiger partial charge in [-0.3, -0.25) is 0 Å². The van der Waals surface area contributed by atoms with Gasteiger partial charge in [0.25, 0.3) is 0 Å². The molecule has 14 heavy (non-hydrogen) atoms. The Kier molecular flexibility index (Phi) is 2.85. The lowest BCUT2D eigenvalue weighted by atomic mass is 9.77. The molecule has 0 aromatic carbocycles. The second-order valence-corrected chi connectivity index (χ2v) is 5.42. The Labute approximate surface area is 87.3 Å². The highest BCUT2D eigenvalue weighted by molar-refractivity contribution is 5.00. The van der Waals surface area contributed by atoms with Crippen molar-refractivity contribution < 1.29 is 5.11 Å². The first-order valence-corrected chi connectivity index (χ1v) is 5.97. The second-order valence-electron chi connectivity index (χ2n) is 5.42. The molecule has 0 aromatic rings. The maximum absolute atomic E-state index is 10.2. The number of aliphatic hydroxyl groups excluding tert-OH is 1. The number of hydrogen-bond acceptors (Lipinski definition) is 2. The molecule has 2 nitrogen and oxygen atoms in total. The number of fused-ring (bicyclic) bond motifs is 1. The molecular formula is C12H23NO. The molecule has 2 saturated carbocycles. The standard InChI is InChI=1S/C12H23NO/c1-8-9-6-4-5-7-10(9)11(12(8)14)13(2)3/h8-12,14H,4-7H2,1-3H3. The Balaban J connectivity index is 2.17. The highest BCUT2D eigenvalue weighted by atomic mass is 16.3. The minimum Gasteiger partial charge on any atom is -0.391 e. The van der Waals surface area contributed by atoms with Crippen LogP contribution in [-0.2, 0) is 0 Å². The van der Waals surface area contributed by atoms with Crippen LogP contribution in [0.3, 0.4) is 0 Å². The van der Waals surface area contributed by atoms with Crippen LogP contribution in [0.4, 0.5) is 0 Å². The molecule has 0 saturated heterocycles. The van der Waals surface area contributed by atoms with E-state index < -0.39 is 0 Å². The molecule has 2 aliphatic carbocycles. The van der Waals surface area contributed by atoms with Crippen LogP contribution < -0.4 is 0 Å². The van der Waals surface area contributed by atoms with Gasteiger partial charge in [-0.25, -0.2) is 0 Å². The first-order chi connectivity index (χ1) is 6.63. The van der Waals surface area contributed by atoms with E-state index in [1.807, 2.05) is 0 Å². The van der Waals surface area contributed by atoms with Crippen molar-refractivity contribution in [2.75, 3.05) is 14.1 Å². The third-order valence-electron chi connectivity index (χ3n) is 4.47. The van der Waals surface area contributed by atoms with E-state index in [2.05, 4.69) is 25.9 Å². The van der Waals surface area contributed by atoms with Gasteiger partial charge in [-0.05, 0) is 44.7 Å². The van der Waals surface area contributed by atoms with Gasteiger partial charge in [0.2, 0.25) is 0 Å². The van der Waals surface area contributed by atoms with Crippen LogP contribution in [0.1, 0.15) is 32.6 Å². The average Bonchev–Trinajstić information content (AvgIpc) is 2.41. The first kappa shape index (κ1) is 10.4. The zero-order valence-electron chi connectivity index (χ0n) is 9.61. The van der Waals surface area contributed by atoms with Crippen molar-refractivity contribution in [1.29, 1.82) is 0 Å². The smallest absolute Gasteiger partial charge is 0.0726 e. The van der Waals surface area contributed by atoms with E-state index in [0.717, 1.165) is 11.8 Å². The van der Waals surface area contributed by atoms with Crippen molar-refractivity contribution in [3.63, 3.8) is 0 Å². The molecule has 2 aliphatic rings. The van der Waals surface area contributed by atoms with E-state index in [9.17, 15) is 5.11 Å². The molecule has 0 spiro atoms. The normalized spacial score (nSPS) is 48.2. The van der Waals surface area contributed by atoms with Gasteiger partial charge in [0, 0.05) is 6.04 Å². The number of hydrogen-bond donors (Lipinski definition) is 1. The monoisotopic (exact) mass is 197 g/mol. The van der Waals surface area contributed by atoms with Gasteiger partial charge >= 0.3 is 0 Å². The fourth-order valence-corrected chi connectivity index (χ4v) is 3.77. The summed E-state index contributed by atoms with van der Waals surface area (Å²) < 4.78 is 0. The summed E-state index contributed by atoms with van der Waals surface area (Å²) in [5.74, 6) is 2.04. The Morgan fingerprint density at radius 3 is 2.21 bits per heavy atom. The van der Waals surface area contributed by atoms with Crippen molar-refractivity contribution in [3.05, 3.63) is 0 Å². The Hall–Kier alpha value is -0.0800. The van der Waals surface area contributed by atoms with Crippen molar-refractivity contribution in [2.45, 2.75) is 44.8 Å². The van der Waals surface area contributed by atoms with Gasteiger partial charge in [0.05, 0.1) is 6.10 Å². The van der Waals surface area contributed by atoms with Gasteiger partial charge < -0.3 is 10.0 Å². The fourth-order valence-electron chi connectivity index (χ4n) is 3.77. The van der Waals surface area contributed by atoms with E-state index in [-0.39, 0.29) is 6.10 Å². The molecule has 1 N–H and O–H groups in total. The zero-order valence-corrected chi connectivity index (χ0v) is 9.61. The summed E-state index contributed by atoms with van der Waals surface area (Å²) in [5.41, 5.74) is 0. The van der Waals surface area contributed by atoms with Crippen molar-refractivity contribution in [2.24, 2.45) is 17.8 Å². The lowest BCUT2D eigenvalue weighted by Gasteiger charge is -2.33. The molecule has 5 unspecified atom stereocenters. The maximum atomic E-state index is 10.2. The quantitative estimate of drug-likeness (QED) is 0.692. The molecule has 5 atom stereocenters. The number of likely N-dealkylation sites (N-methyl/N-ethyl adjacent to an activating group) is 1. The molecule has 2 rings (SSSR count). The summed E-state index contributed by atoms with van der Waals surface area (Å²) in [6, 6.07) is 0.412. The summed E-state index contributed by atoms with van der Waals surface area (Å²) in [5, 5.41) is 10.2. The van der Waals surface area contributed by atoms with Gasteiger partial charge in [0.1, 0.15) is 0 Å². The highest BCUT2D eigenvalue weighted by Gasteiger charge is 2.48. The summed E-state index contributed by atoms with van der Waals surface area (Å²) in [7, 11) is 4.22. The summed E-state index contributed by atoms with van der Waals surface area (Å²) in [6.45, 7) is 2.23. The molecule has 0 heterocycles. The molecule has 82 valence electrons. The molecule has 2 fully saturated rings. The van der Waals surface area contributed by atoms with Gasteiger partial charge in [-0.2, -0.15) is 0 Å². The fraction of sp³-hybridized carbons (Fsp3) is 1.00. The Morgan fingerprint density at radius 1 is 1.07 bits per heavy atom. The summed E-state index contributed by atoms with van der Waals surface area (Å²) in [4.78, 5) is 2.23. The van der Waals surface area contributed by atoms with Crippen LogP contribution in [0.15, 0.2) is 0 Å². The molecule has 2 heteroatoms. The van der Waals surface area contributed by atoms with E-state index in [1.54, 1.807) is 0 Å². The van der Waals surface area contributed by atoms with E-state index >= 15 is 0 Å². The van der Waals surface area contributed by atoms with E-state index in [1.165, 1.54) is 25.7 Å². The van der Waals surface area contributed by atoms with Crippen LogP contribution in [0.25, 0.3) is 0 Å². The van der Waals surface area contributed by atoms with Gasteiger partial charge in [-0.1, -0.05) is 19.8 Å². The minimum absolute atomic E-state index is 0.0990. The van der Waals surface area contributed by atoms with Crippen LogP contribution in [-0.4, -0.2) is 36.2 Å². The first-order valence-electron chi connectivity index (χ1n) is 5.97. The van der Waals surface area contributed by atoms with Gasteiger partial charge in [-0.15, -0.1) is 0 Å². The largest absolute Gasteiger partial charge is 0.391 e. The van der Waals surface area contributed by atoms with Gasteiger partial charge in [0.15, 0.2) is 0 Å². The highest BCUT2D eigenvalue weighted by Crippen LogP contribution is 2.47. The number of nitrogens with zero attached hydrogens (tertiary/aromatic N) is 1. The lowest BCUT2D eigenvalue weighted by Crippen LogP contribution is -2.41. The molecule has 0 bridgehead atoms. The predicted molar refractivity (Wildman–Crippen MR) is 58.1 cm³/mol. The van der Waals surface area contributed by atoms with Crippen LogP contribution in [0, 0.1) is 17.8 Å². The molecule has 0 aromatic heterocycles. The molecule has 0 radical (unpaired) electrons. The van der Waals surface area contributed by atoms with Crippen LogP contribution in [0.5, 0.6) is 0 Å². The minimum atomic E-state index is -0.0990. The van der Waals surface area contributed by atoms with E-state index in [4.69, 9.17) is 0 Å². The summed E-state index contributed by atoms with van der Waals surface area (Å²) >= 11 is 0. The van der Waals surface area contributed by atoms with Crippen molar-refractivity contribution >= 4 is 0 Å². The third kappa shape index (κ3) is 1.49. The molecular weight excluding hydrogens is 174 g/mol. The van der Waals surface area contributed by atoms with Crippen LogP contribution >= 0.6 is 0 Å². The number of aliphatic hydroxyl groups is 1. The predicted octanol–water partition coefficient (Wildman–Crippen LogP) is 1.73. The lowest BCUT2D eigenvalue weighted by molar-refractivity contribution is 0.0599. The SMILES string of the molecule is CC1C(O)C(N(C)C)C2CCCCC12. The summed E-state index contributed by atoms with van der Waals surface area (Å²) in [6.07, 6.45) is 5.31. The van der Waals surface area contributed by atoms with Crippen molar-refractivity contribution in [1.82, 2.24) is 4.90 Å². The maximum Gasteiger partial charge on any atom is 0.0726 e. The molecule has 0 aliphatic heterocycles. The number of rotatable bonds is 1. The van der Waals surface area contributed by atoms with Crippen LogP contribution in [0.2, 0.25) is 0 Å². The topological polar surface area (TPSA) is 23.5 Å². The van der Waals surface area contributed by atoms with Crippen molar-refractivity contribution in [3.8, 4) is 0 Å². The Bertz CT molecular complexity index is 204. The third-order valence-corrected chi connectivity index (χ3v) is 4.47. The second kappa shape index (κ2) is 3.82. The average molecular weight is 197 g/mol. The Morgan fingerprint density at radius 2 is 1.64 bits per heavy atom.